The van der Waals surface area contributed by atoms with E-state index in [0.29, 0.717) is 0 Å². The van der Waals surface area contributed by atoms with Crippen molar-refractivity contribution in [3.63, 3.8) is 0 Å². The molecule has 100 valence electrons. The quantitative estimate of drug-likeness (QED) is 0.802. The maximum absolute atomic E-state index is 12.2. The second-order valence-corrected chi connectivity index (χ2v) is 7.86. The standard InChI is InChI=1S/C13H24BrNOS/c1-13(2,3)11(7-8-14)15-12(16)10-6-4-5-9-17-10/h10-11H,4-9H2,1-3H3,(H,15,16). The molecule has 1 fully saturated rings. The molecule has 0 aromatic heterocycles. The molecule has 1 saturated heterocycles. The Bertz CT molecular complexity index is 246. The van der Waals surface area contributed by atoms with Crippen molar-refractivity contribution in [2.24, 2.45) is 5.41 Å². The Kier molecular flexibility index (Phi) is 6.35. The van der Waals surface area contributed by atoms with Crippen molar-refractivity contribution in [2.75, 3.05) is 11.1 Å². The molecule has 1 rings (SSSR count). The van der Waals surface area contributed by atoms with Crippen LogP contribution in [0, 0.1) is 5.41 Å². The zero-order valence-electron chi connectivity index (χ0n) is 11.1. The van der Waals surface area contributed by atoms with Crippen molar-refractivity contribution in [3.05, 3.63) is 0 Å². The van der Waals surface area contributed by atoms with E-state index < -0.39 is 0 Å². The molecule has 1 amide bonds. The highest BCUT2D eigenvalue weighted by Crippen LogP contribution is 2.27. The van der Waals surface area contributed by atoms with Gasteiger partial charge in [0.2, 0.25) is 5.91 Å². The number of halogens is 1. The van der Waals surface area contributed by atoms with E-state index in [0.717, 1.165) is 23.9 Å². The monoisotopic (exact) mass is 321 g/mol. The SMILES string of the molecule is CC(C)(C)C(CCBr)NC(=O)C1CCCCS1. The summed E-state index contributed by atoms with van der Waals surface area (Å²) in [5.41, 5.74) is 0.128. The average Bonchev–Trinajstić information content (AvgIpc) is 2.28. The van der Waals surface area contributed by atoms with Crippen molar-refractivity contribution in [3.8, 4) is 0 Å². The number of rotatable bonds is 4. The van der Waals surface area contributed by atoms with Gasteiger partial charge in [-0.05, 0) is 30.4 Å². The molecule has 2 unspecified atom stereocenters. The molecule has 0 aromatic carbocycles. The number of amides is 1. The maximum Gasteiger partial charge on any atom is 0.233 e. The van der Waals surface area contributed by atoms with Crippen LogP contribution in [-0.2, 0) is 4.79 Å². The van der Waals surface area contributed by atoms with Crippen LogP contribution >= 0.6 is 27.7 Å². The van der Waals surface area contributed by atoms with Gasteiger partial charge in [0.05, 0.1) is 5.25 Å². The summed E-state index contributed by atoms with van der Waals surface area (Å²) in [6, 6.07) is 0.261. The van der Waals surface area contributed by atoms with Crippen molar-refractivity contribution in [1.29, 1.82) is 0 Å². The highest BCUT2D eigenvalue weighted by atomic mass is 79.9. The summed E-state index contributed by atoms with van der Waals surface area (Å²) in [7, 11) is 0. The first-order valence-corrected chi connectivity index (χ1v) is 8.60. The lowest BCUT2D eigenvalue weighted by Crippen LogP contribution is -2.47. The van der Waals surface area contributed by atoms with E-state index in [1.807, 2.05) is 11.8 Å². The smallest absolute Gasteiger partial charge is 0.233 e. The first kappa shape index (κ1) is 15.4. The fraction of sp³-hybridized carbons (Fsp3) is 0.923. The van der Waals surface area contributed by atoms with E-state index in [9.17, 15) is 4.79 Å². The van der Waals surface area contributed by atoms with Gasteiger partial charge in [-0.25, -0.2) is 0 Å². The summed E-state index contributed by atoms with van der Waals surface area (Å²) < 4.78 is 0. The number of hydrogen-bond acceptors (Lipinski definition) is 2. The second-order valence-electron chi connectivity index (χ2n) is 5.76. The van der Waals surface area contributed by atoms with Crippen molar-refractivity contribution in [2.45, 2.75) is 57.7 Å². The Balaban J connectivity index is 2.51. The van der Waals surface area contributed by atoms with Gasteiger partial charge >= 0.3 is 0 Å². The molecule has 2 atom stereocenters. The molecule has 0 saturated carbocycles. The minimum atomic E-state index is 0.128. The molecule has 0 spiro atoms. The van der Waals surface area contributed by atoms with Crippen molar-refractivity contribution in [1.82, 2.24) is 5.32 Å². The number of alkyl halides is 1. The van der Waals surface area contributed by atoms with E-state index in [2.05, 4.69) is 42.0 Å². The summed E-state index contributed by atoms with van der Waals surface area (Å²) in [5.74, 6) is 1.38. The minimum Gasteiger partial charge on any atom is -0.352 e. The molecule has 0 radical (unpaired) electrons. The summed E-state index contributed by atoms with van der Waals surface area (Å²) in [6.45, 7) is 6.57. The predicted molar refractivity (Wildman–Crippen MR) is 79.9 cm³/mol. The average molecular weight is 322 g/mol. The third kappa shape index (κ3) is 5.21. The predicted octanol–water partition coefficient (Wildman–Crippen LogP) is 3.59. The third-order valence-electron chi connectivity index (χ3n) is 3.23. The van der Waals surface area contributed by atoms with Gasteiger partial charge in [-0.3, -0.25) is 4.79 Å². The van der Waals surface area contributed by atoms with Crippen LogP contribution < -0.4 is 5.32 Å². The molecule has 17 heavy (non-hydrogen) atoms. The Morgan fingerprint density at radius 1 is 1.47 bits per heavy atom. The molecule has 1 heterocycles. The van der Waals surface area contributed by atoms with Gasteiger partial charge in [0.25, 0.3) is 0 Å². The Hall–Kier alpha value is 0.300. The van der Waals surface area contributed by atoms with Crippen LogP contribution in [0.15, 0.2) is 0 Å². The Morgan fingerprint density at radius 3 is 2.65 bits per heavy atom. The van der Waals surface area contributed by atoms with Crippen LogP contribution in [0.3, 0.4) is 0 Å². The molecule has 2 nitrogen and oxygen atoms in total. The lowest BCUT2D eigenvalue weighted by Gasteiger charge is -2.33. The van der Waals surface area contributed by atoms with Crippen molar-refractivity contribution >= 4 is 33.6 Å². The zero-order valence-corrected chi connectivity index (χ0v) is 13.5. The van der Waals surface area contributed by atoms with Crippen LogP contribution in [0.25, 0.3) is 0 Å². The summed E-state index contributed by atoms with van der Waals surface area (Å²) in [6.07, 6.45) is 4.50. The van der Waals surface area contributed by atoms with Gasteiger partial charge in [-0.15, -0.1) is 11.8 Å². The highest BCUT2D eigenvalue weighted by molar-refractivity contribution is 9.09. The fourth-order valence-electron chi connectivity index (χ4n) is 2.04. The second kappa shape index (κ2) is 7.03. The van der Waals surface area contributed by atoms with Crippen LogP contribution in [0.5, 0.6) is 0 Å². The number of nitrogens with one attached hydrogen (secondary N) is 1. The van der Waals surface area contributed by atoms with Crippen LogP contribution in [-0.4, -0.2) is 28.3 Å². The van der Waals surface area contributed by atoms with E-state index >= 15 is 0 Å². The molecule has 0 bridgehead atoms. The minimum absolute atomic E-state index is 0.128. The zero-order chi connectivity index (χ0) is 12.9. The third-order valence-corrected chi connectivity index (χ3v) is 5.07. The molecule has 0 aromatic rings. The van der Waals surface area contributed by atoms with Gasteiger partial charge in [0, 0.05) is 11.4 Å². The molecular formula is C13H24BrNOS. The Labute approximate surface area is 118 Å². The molecular weight excluding hydrogens is 298 g/mol. The van der Waals surface area contributed by atoms with Crippen LogP contribution in [0.2, 0.25) is 0 Å². The van der Waals surface area contributed by atoms with E-state index in [1.165, 1.54) is 12.8 Å². The Morgan fingerprint density at radius 2 is 2.18 bits per heavy atom. The lowest BCUT2D eigenvalue weighted by atomic mass is 9.85. The first-order chi connectivity index (χ1) is 7.95. The molecule has 0 aliphatic carbocycles. The molecule has 1 N–H and O–H groups in total. The number of carbonyl (C=O) groups is 1. The van der Waals surface area contributed by atoms with Crippen molar-refractivity contribution < 1.29 is 4.79 Å². The van der Waals surface area contributed by atoms with E-state index in [1.54, 1.807) is 0 Å². The number of carbonyl (C=O) groups excluding carboxylic acids is 1. The number of hydrogen-bond donors (Lipinski definition) is 1. The van der Waals surface area contributed by atoms with Gasteiger partial charge in [-0.1, -0.05) is 43.1 Å². The fourth-order valence-corrected chi connectivity index (χ4v) is 3.71. The summed E-state index contributed by atoms with van der Waals surface area (Å²) in [5, 5.41) is 4.36. The highest BCUT2D eigenvalue weighted by Gasteiger charge is 2.29. The van der Waals surface area contributed by atoms with Gasteiger partial charge in [-0.2, -0.15) is 0 Å². The summed E-state index contributed by atoms with van der Waals surface area (Å²) in [4.78, 5) is 12.2. The topological polar surface area (TPSA) is 29.1 Å². The first-order valence-electron chi connectivity index (χ1n) is 6.43. The largest absolute Gasteiger partial charge is 0.352 e. The molecule has 4 heteroatoms. The molecule has 1 aliphatic rings. The lowest BCUT2D eigenvalue weighted by molar-refractivity contribution is -0.122. The van der Waals surface area contributed by atoms with E-state index in [4.69, 9.17) is 0 Å². The van der Waals surface area contributed by atoms with Crippen LogP contribution in [0.1, 0.15) is 46.5 Å². The van der Waals surface area contributed by atoms with Crippen LogP contribution in [0.4, 0.5) is 0 Å². The molecule has 1 aliphatic heterocycles. The van der Waals surface area contributed by atoms with Gasteiger partial charge in [0.1, 0.15) is 0 Å². The van der Waals surface area contributed by atoms with E-state index in [-0.39, 0.29) is 22.6 Å². The van der Waals surface area contributed by atoms with Gasteiger partial charge < -0.3 is 5.32 Å². The maximum atomic E-state index is 12.2. The van der Waals surface area contributed by atoms with Gasteiger partial charge in [0.15, 0.2) is 0 Å². The normalized spacial score (nSPS) is 23.2. The number of thioether (sulfide) groups is 1. The summed E-state index contributed by atoms with van der Waals surface area (Å²) >= 11 is 5.29.